The van der Waals surface area contributed by atoms with Crippen molar-refractivity contribution in [1.82, 2.24) is 0 Å². The smallest absolute Gasteiger partial charge is 1.00 e. The molecule has 0 radical (unpaired) electrons. The van der Waals surface area contributed by atoms with E-state index in [-0.39, 0.29) is 20.3 Å². The predicted molar refractivity (Wildman–Crippen MR) is 40.3 cm³/mol. The van der Waals surface area contributed by atoms with E-state index < -0.39 is 0 Å². The molecular weight excluding hydrogens is 115 g/mol. The number of rotatable bonds is 0. The third-order valence-corrected chi connectivity index (χ3v) is 1.69. The van der Waals surface area contributed by atoms with Gasteiger partial charge < -0.3 is 1.43 Å². The summed E-state index contributed by atoms with van der Waals surface area (Å²) >= 11 is 0. The molecule has 0 saturated heterocycles. The van der Waals surface area contributed by atoms with Crippen LogP contribution in [0.5, 0.6) is 0 Å². The summed E-state index contributed by atoms with van der Waals surface area (Å²) < 4.78 is 0. The Morgan fingerprint density at radius 1 is 1.20 bits per heavy atom. The van der Waals surface area contributed by atoms with Gasteiger partial charge >= 0.3 is 18.9 Å². The Hall–Kier alpha value is -0.443. The molecule has 0 spiro atoms. The minimum atomic E-state index is 0. The standard InChI is InChI=1S/C9H8.Li.H/c1-2-5-9-7-3-6-8(9)4-1;;/h1-6H,7H2;;/q;+1;-1. The minimum Gasteiger partial charge on any atom is -1.00 e. The van der Waals surface area contributed by atoms with Crippen LogP contribution >= 0.6 is 0 Å². The van der Waals surface area contributed by atoms with E-state index in [9.17, 15) is 0 Å². The maximum atomic E-state index is 2.20. The maximum absolute atomic E-state index is 2.20. The van der Waals surface area contributed by atoms with Crippen molar-refractivity contribution in [3.8, 4) is 0 Å². The Bertz CT molecular complexity index is 255. The van der Waals surface area contributed by atoms with Crippen LogP contribution in [0.1, 0.15) is 12.6 Å². The quantitative estimate of drug-likeness (QED) is 0.404. The molecule has 1 aliphatic carbocycles. The molecule has 1 aliphatic rings. The van der Waals surface area contributed by atoms with Gasteiger partial charge in [0.2, 0.25) is 0 Å². The van der Waals surface area contributed by atoms with Crippen LogP contribution < -0.4 is 18.9 Å². The topological polar surface area (TPSA) is 0 Å². The molecule has 1 aromatic carbocycles. The van der Waals surface area contributed by atoms with Crippen LogP contribution in [0.4, 0.5) is 0 Å². The molecule has 1 heteroatoms. The fourth-order valence-corrected chi connectivity index (χ4v) is 1.20. The third-order valence-electron chi connectivity index (χ3n) is 1.69. The molecule has 0 saturated carbocycles. The normalized spacial score (nSPS) is 12.4. The Morgan fingerprint density at radius 2 is 2.00 bits per heavy atom. The molecule has 46 valence electrons. The molecule has 0 amide bonds. The zero-order valence-corrected chi connectivity index (χ0v) is 6.17. The molecule has 0 fully saturated rings. The zero-order valence-electron chi connectivity index (χ0n) is 7.17. The van der Waals surface area contributed by atoms with E-state index >= 15 is 0 Å². The first kappa shape index (κ1) is 7.66. The Morgan fingerprint density at radius 3 is 2.80 bits per heavy atom. The summed E-state index contributed by atoms with van der Waals surface area (Å²) in [5, 5.41) is 0. The number of fused-ring (bicyclic) bond motifs is 1. The molecule has 0 aromatic heterocycles. The van der Waals surface area contributed by atoms with Gasteiger partial charge in [-0.05, 0) is 17.5 Å². The van der Waals surface area contributed by atoms with E-state index in [4.69, 9.17) is 0 Å². The van der Waals surface area contributed by atoms with Crippen molar-refractivity contribution >= 4 is 6.08 Å². The largest absolute Gasteiger partial charge is 1.00 e. The van der Waals surface area contributed by atoms with Gasteiger partial charge in [-0.1, -0.05) is 36.4 Å². The van der Waals surface area contributed by atoms with Gasteiger partial charge in [-0.15, -0.1) is 0 Å². The van der Waals surface area contributed by atoms with E-state index in [0.717, 1.165) is 6.42 Å². The summed E-state index contributed by atoms with van der Waals surface area (Å²) in [7, 11) is 0. The second kappa shape index (κ2) is 3.10. The molecule has 0 aliphatic heterocycles. The zero-order chi connectivity index (χ0) is 6.10. The average molecular weight is 124 g/mol. The van der Waals surface area contributed by atoms with Crippen molar-refractivity contribution in [2.75, 3.05) is 0 Å². The summed E-state index contributed by atoms with van der Waals surface area (Å²) in [6.45, 7) is 0. The van der Waals surface area contributed by atoms with E-state index in [2.05, 4.69) is 36.4 Å². The Kier molecular flexibility index (Phi) is 2.37. The fourth-order valence-electron chi connectivity index (χ4n) is 1.20. The van der Waals surface area contributed by atoms with Gasteiger partial charge in [0.25, 0.3) is 0 Å². The first-order valence-corrected chi connectivity index (χ1v) is 3.21. The molecule has 10 heavy (non-hydrogen) atoms. The van der Waals surface area contributed by atoms with Crippen molar-refractivity contribution in [2.24, 2.45) is 0 Å². The van der Waals surface area contributed by atoms with Crippen LogP contribution in [-0.4, -0.2) is 0 Å². The van der Waals surface area contributed by atoms with Gasteiger partial charge in [-0.25, -0.2) is 0 Å². The summed E-state index contributed by atoms with van der Waals surface area (Å²) in [6.07, 6.45) is 5.50. The number of hydrogen-bond donors (Lipinski definition) is 0. The van der Waals surface area contributed by atoms with E-state index in [1.165, 1.54) is 11.1 Å². The summed E-state index contributed by atoms with van der Waals surface area (Å²) in [4.78, 5) is 0. The molecule has 2 rings (SSSR count). The molecule has 1 aromatic rings. The predicted octanol–water partition coefficient (Wildman–Crippen LogP) is -0.628. The van der Waals surface area contributed by atoms with Crippen molar-refractivity contribution in [3.05, 3.63) is 41.5 Å². The number of benzene rings is 1. The third kappa shape index (κ3) is 1.19. The summed E-state index contributed by atoms with van der Waals surface area (Å²) in [5.74, 6) is 0. The van der Waals surface area contributed by atoms with Crippen LogP contribution in [-0.2, 0) is 6.42 Å². The molecular formula is C9H9Li. The van der Waals surface area contributed by atoms with Crippen LogP contribution in [0.3, 0.4) is 0 Å². The number of allylic oxidation sites excluding steroid dienone is 1. The van der Waals surface area contributed by atoms with Crippen molar-refractivity contribution in [3.63, 3.8) is 0 Å². The van der Waals surface area contributed by atoms with Crippen molar-refractivity contribution < 1.29 is 20.3 Å². The van der Waals surface area contributed by atoms with Gasteiger partial charge in [-0.2, -0.15) is 0 Å². The molecule has 0 atom stereocenters. The second-order valence-corrected chi connectivity index (χ2v) is 2.31. The Labute approximate surface area is 74.6 Å². The van der Waals surface area contributed by atoms with E-state index in [1.807, 2.05) is 0 Å². The first-order valence-electron chi connectivity index (χ1n) is 3.21. The summed E-state index contributed by atoms with van der Waals surface area (Å²) in [5.41, 5.74) is 2.84. The van der Waals surface area contributed by atoms with E-state index in [0.29, 0.717) is 0 Å². The minimum absolute atomic E-state index is 0. The van der Waals surface area contributed by atoms with Crippen molar-refractivity contribution in [1.29, 1.82) is 0 Å². The molecule has 0 heterocycles. The fraction of sp³-hybridized carbons (Fsp3) is 0.111. The van der Waals surface area contributed by atoms with Crippen molar-refractivity contribution in [2.45, 2.75) is 6.42 Å². The summed E-state index contributed by atoms with van der Waals surface area (Å²) in [6, 6.07) is 8.49. The molecule has 0 bridgehead atoms. The van der Waals surface area contributed by atoms with Crippen LogP contribution in [0.15, 0.2) is 30.3 Å². The van der Waals surface area contributed by atoms with Gasteiger partial charge in [-0.3, -0.25) is 0 Å². The Balaban J connectivity index is 0.000000500. The van der Waals surface area contributed by atoms with Gasteiger partial charge in [0.15, 0.2) is 0 Å². The van der Waals surface area contributed by atoms with Crippen LogP contribution in [0.25, 0.3) is 6.08 Å². The monoisotopic (exact) mass is 124 g/mol. The second-order valence-electron chi connectivity index (χ2n) is 2.31. The molecule has 0 nitrogen and oxygen atoms in total. The average Bonchev–Trinajstić information content (AvgIpc) is 2.33. The van der Waals surface area contributed by atoms with Crippen LogP contribution in [0.2, 0.25) is 0 Å². The maximum Gasteiger partial charge on any atom is 1.00 e. The SMILES string of the molecule is C1=Cc2ccccc2C1.[H-].[Li+]. The molecule has 0 N–H and O–H groups in total. The van der Waals surface area contributed by atoms with Gasteiger partial charge in [0, 0.05) is 0 Å². The van der Waals surface area contributed by atoms with Crippen LogP contribution in [0, 0.1) is 0 Å². The first-order chi connectivity index (χ1) is 4.47. The molecule has 0 unspecified atom stereocenters. The number of hydrogen-bond acceptors (Lipinski definition) is 0. The van der Waals surface area contributed by atoms with E-state index in [1.54, 1.807) is 0 Å². The van der Waals surface area contributed by atoms with Gasteiger partial charge in [0.05, 0.1) is 0 Å². The van der Waals surface area contributed by atoms with Gasteiger partial charge in [0.1, 0.15) is 0 Å².